The number of anilines is 1. The lowest BCUT2D eigenvalue weighted by molar-refractivity contribution is 0.103. The monoisotopic (exact) mass is 391 g/mol. The molecule has 140 valence electrons. The van der Waals surface area contributed by atoms with E-state index in [1.54, 1.807) is 6.92 Å². The van der Waals surface area contributed by atoms with Gasteiger partial charge in [-0.05, 0) is 36.8 Å². The van der Waals surface area contributed by atoms with Gasteiger partial charge in [-0.2, -0.15) is 0 Å². The van der Waals surface area contributed by atoms with Crippen molar-refractivity contribution in [3.05, 3.63) is 65.5 Å². The highest BCUT2D eigenvalue weighted by atomic mass is 32.2. The van der Waals surface area contributed by atoms with Crippen LogP contribution in [0.1, 0.15) is 29.3 Å². The van der Waals surface area contributed by atoms with Crippen molar-refractivity contribution in [3.8, 4) is 0 Å². The first-order valence-corrected chi connectivity index (χ1v) is 9.71. The fraction of sp³-hybridized carbons (Fsp3) is 0.167. The number of carbonyl (C=O) groups excluding carboxylic acids is 1. The Kier molecular flexibility index (Phi) is 5.13. The summed E-state index contributed by atoms with van der Waals surface area (Å²) in [4.78, 5) is 20.8. The maximum absolute atomic E-state index is 14.7. The molecule has 3 aromatic rings. The van der Waals surface area contributed by atoms with Gasteiger partial charge >= 0.3 is 0 Å². The van der Waals surface area contributed by atoms with Crippen LogP contribution in [-0.2, 0) is 10.0 Å². The minimum Gasteiger partial charge on any atom is -0.288 e. The Morgan fingerprint density at radius 1 is 1.07 bits per heavy atom. The lowest BCUT2D eigenvalue weighted by atomic mass is 10.0. The van der Waals surface area contributed by atoms with Crippen LogP contribution in [-0.4, -0.2) is 29.9 Å². The summed E-state index contributed by atoms with van der Waals surface area (Å²) in [5.41, 5.74) is -0.391. The Bertz CT molecular complexity index is 1130. The third-order valence-corrected chi connectivity index (χ3v) is 5.26. The maximum atomic E-state index is 14.7. The normalized spacial score (nSPS) is 11.5. The van der Waals surface area contributed by atoms with Crippen LogP contribution in [0.4, 0.5) is 14.5 Å². The molecular formula is C18H15F2N3O3S. The molecule has 0 fully saturated rings. The largest absolute Gasteiger partial charge is 0.288 e. The van der Waals surface area contributed by atoms with Crippen LogP contribution in [0.3, 0.4) is 0 Å². The molecule has 2 aromatic carbocycles. The Hall–Kier alpha value is -2.94. The van der Waals surface area contributed by atoms with E-state index in [1.165, 1.54) is 30.6 Å². The summed E-state index contributed by atoms with van der Waals surface area (Å²) in [5, 5.41) is 0. The highest BCUT2D eigenvalue weighted by Crippen LogP contribution is 2.25. The minimum atomic E-state index is -3.80. The predicted octanol–water partition coefficient (Wildman–Crippen LogP) is 3.29. The zero-order valence-electron chi connectivity index (χ0n) is 14.2. The van der Waals surface area contributed by atoms with Gasteiger partial charge in [0, 0.05) is 18.0 Å². The van der Waals surface area contributed by atoms with Crippen LogP contribution in [0, 0.1) is 11.6 Å². The third-order valence-electron chi connectivity index (χ3n) is 3.79. The second kappa shape index (κ2) is 7.36. The number of nitrogens with one attached hydrogen (secondary N) is 1. The van der Waals surface area contributed by atoms with Crippen LogP contribution in [0.2, 0.25) is 0 Å². The van der Waals surface area contributed by atoms with Crippen molar-refractivity contribution in [3.63, 3.8) is 0 Å². The van der Waals surface area contributed by atoms with E-state index >= 15 is 0 Å². The molecule has 3 rings (SSSR count). The summed E-state index contributed by atoms with van der Waals surface area (Å²) >= 11 is 0. The molecule has 0 aliphatic carbocycles. The maximum Gasteiger partial charge on any atom is 0.232 e. The fourth-order valence-corrected chi connectivity index (χ4v) is 3.71. The van der Waals surface area contributed by atoms with Crippen molar-refractivity contribution in [1.29, 1.82) is 0 Å². The molecule has 0 unspecified atom stereocenters. The van der Waals surface area contributed by atoms with Crippen LogP contribution < -0.4 is 4.72 Å². The molecular weight excluding hydrogens is 376 g/mol. The van der Waals surface area contributed by atoms with E-state index in [-0.39, 0.29) is 11.3 Å². The quantitative estimate of drug-likeness (QED) is 0.652. The number of benzene rings is 2. The number of ketones is 1. The van der Waals surface area contributed by atoms with Crippen molar-refractivity contribution in [2.75, 3.05) is 10.5 Å². The van der Waals surface area contributed by atoms with E-state index in [4.69, 9.17) is 0 Å². The lowest BCUT2D eigenvalue weighted by Gasteiger charge is -2.11. The molecule has 0 spiro atoms. The van der Waals surface area contributed by atoms with Gasteiger partial charge in [-0.3, -0.25) is 19.5 Å². The van der Waals surface area contributed by atoms with E-state index in [1.807, 2.05) is 4.72 Å². The second-order valence-corrected chi connectivity index (χ2v) is 7.64. The summed E-state index contributed by atoms with van der Waals surface area (Å²) in [7, 11) is -3.80. The van der Waals surface area contributed by atoms with E-state index in [2.05, 4.69) is 9.97 Å². The van der Waals surface area contributed by atoms with Crippen molar-refractivity contribution in [2.24, 2.45) is 0 Å². The summed E-state index contributed by atoms with van der Waals surface area (Å²) in [6.07, 6.45) is 3.23. The average molecular weight is 391 g/mol. The topological polar surface area (TPSA) is 89.0 Å². The van der Waals surface area contributed by atoms with Crippen LogP contribution in [0.5, 0.6) is 0 Å². The highest BCUT2D eigenvalue weighted by molar-refractivity contribution is 7.92. The van der Waals surface area contributed by atoms with Gasteiger partial charge in [0.05, 0.1) is 28.0 Å². The molecule has 0 saturated heterocycles. The number of sulfonamides is 1. The van der Waals surface area contributed by atoms with Gasteiger partial charge in [0.15, 0.2) is 11.6 Å². The summed E-state index contributed by atoms with van der Waals surface area (Å²) in [6.45, 7) is 1.65. The zero-order chi connectivity index (χ0) is 19.6. The van der Waals surface area contributed by atoms with Gasteiger partial charge in [-0.15, -0.1) is 0 Å². The van der Waals surface area contributed by atoms with Crippen LogP contribution in [0.25, 0.3) is 11.0 Å². The van der Waals surface area contributed by atoms with Gasteiger partial charge < -0.3 is 0 Å². The van der Waals surface area contributed by atoms with Gasteiger partial charge in [0.2, 0.25) is 10.0 Å². The number of hydrogen-bond donors (Lipinski definition) is 1. The lowest BCUT2D eigenvalue weighted by Crippen LogP contribution is -2.18. The summed E-state index contributed by atoms with van der Waals surface area (Å²) < 4.78 is 54.7. The molecule has 0 atom stereocenters. The number of hydrogen-bond acceptors (Lipinski definition) is 5. The number of fused-ring (bicyclic) bond motifs is 1. The second-order valence-electron chi connectivity index (χ2n) is 5.79. The summed E-state index contributed by atoms with van der Waals surface area (Å²) in [6, 6.07) is 6.06. The average Bonchev–Trinajstić information content (AvgIpc) is 2.63. The number of carbonyl (C=O) groups is 1. The zero-order valence-corrected chi connectivity index (χ0v) is 15.1. The minimum absolute atomic E-state index is 0.00867. The van der Waals surface area contributed by atoms with Crippen molar-refractivity contribution in [2.45, 2.75) is 13.3 Å². The van der Waals surface area contributed by atoms with Gasteiger partial charge in [0.25, 0.3) is 0 Å². The Labute approximate surface area is 154 Å². The molecule has 0 radical (unpaired) electrons. The third kappa shape index (κ3) is 3.92. The highest BCUT2D eigenvalue weighted by Gasteiger charge is 2.24. The molecule has 6 nitrogen and oxygen atoms in total. The summed E-state index contributed by atoms with van der Waals surface area (Å²) in [5.74, 6) is -3.50. The van der Waals surface area contributed by atoms with Gasteiger partial charge in [0.1, 0.15) is 5.82 Å². The van der Waals surface area contributed by atoms with Crippen LogP contribution >= 0.6 is 0 Å². The van der Waals surface area contributed by atoms with E-state index in [9.17, 15) is 22.0 Å². The molecule has 27 heavy (non-hydrogen) atoms. The predicted molar refractivity (Wildman–Crippen MR) is 97.0 cm³/mol. The molecule has 0 saturated carbocycles. The van der Waals surface area contributed by atoms with Gasteiger partial charge in [-0.25, -0.2) is 17.2 Å². The molecule has 0 aliphatic heterocycles. The molecule has 0 aliphatic rings. The number of aromatic nitrogens is 2. The van der Waals surface area contributed by atoms with E-state index in [0.29, 0.717) is 17.5 Å². The molecule has 1 heterocycles. The SMILES string of the molecule is CCCS(=O)(=O)Nc1ccc(F)c(C(=O)c2ccc3nccnc3c2)c1F. The van der Waals surface area contributed by atoms with Crippen molar-refractivity contribution < 1.29 is 22.0 Å². The standard InChI is InChI=1S/C18H15F2N3O3S/c1-2-9-27(25,26)23-14-6-4-12(19)16(17(14)20)18(24)11-3-5-13-15(10-11)22-8-7-21-13/h3-8,10,23H,2,9H2,1H3. The first-order chi connectivity index (χ1) is 12.8. The first kappa shape index (κ1) is 18.8. The van der Waals surface area contributed by atoms with Crippen molar-refractivity contribution in [1.82, 2.24) is 9.97 Å². The molecule has 1 aromatic heterocycles. The fourth-order valence-electron chi connectivity index (χ4n) is 2.58. The number of halogens is 2. The Balaban J connectivity index is 2.04. The Morgan fingerprint density at radius 3 is 2.48 bits per heavy atom. The molecule has 0 amide bonds. The smallest absolute Gasteiger partial charge is 0.232 e. The van der Waals surface area contributed by atoms with Crippen LogP contribution in [0.15, 0.2) is 42.7 Å². The number of rotatable bonds is 6. The van der Waals surface area contributed by atoms with E-state index < -0.39 is 38.7 Å². The number of nitrogens with zero attached hydrogens (tertiary/aromatic N) is 2. The molecule has 0 bridgehead atoms. The first-order valence-electron chi connectivity index (χ1n) is 8.06. The van der Waals surface area contributed by atoms with E-state index in [0.717, 1.165) is 12.1 Å². The Morgan fingerprint density at radius 2 is 1.78 bits per heavy atom. The van der Waals surface area contributed by atoms with Gasteiger partial charge in [-0.1, -0.05) is 6.92 Å². The van der Waals surface area contributed by atoms with Crippen molar-refractivity contribution >= 4 is 32.5 Å². The molecule has 1 N–H and O–H groups in total. The molecule has 9 heteroatoms.